The van der Waals surface area contributed by atoms with Crippen LogP contribution in [0.2, 0.25) is 0 Å². The van der Waals surface area contributed by atoms with Crippen LogP contribution in [-0.2, 0) is 21.4 Å². The molecule has 1 saturated heterocycles. The summed E-state index contributed by atoms with van der Waals surface area (Å²) in [5.41, 5.74) is 2.13. The van der Waals surface area contributed by atoms with E-state index in [1.54, 1.807) is 7.11 Å². The summed E-state index contributed by atoms with van der Waals surface area (Å²) in [6.45, 7) is 12.7. The number of rotatable bonds is 4. The van der Waals surface area contributed by atoms with Crippen LogP contribution in [0.15, 0.2) is 18.2 Å². The number of piperazine rings is 1. The van der Waals surface area contributed by atoms with Gasteiger partial charge in [0.05, 0.1) is 13.5 Å². The van der Waals surface area contributed by atoms with Crippen molar-refractivity contribution in [2.75, 3.05) is 33.3 Å². The average molecular weight is 360 g/mol. The number of ether oxygens (including phenoxy) is 1. The van der Waals surface area contributed by atoms with Gasteiger partial charge in [-0.25, -0.2) is 0 Å². The van der Waals surface area contributed by atoms with Gasteiger partial charge in [-0.15, -0.1) is 0 Å². The van der Waals surface area contributed by atoms with E-state index in [0.29, 0.717) is 32.6 Å². The molecule has 0 unspecified atom stereocenters. The van der Waals surface area contributed by atoms with Gasteiger partial charge in [-0.3, -0.25) is 9.59 Å². The Morgan fingerprint density at radius 1 is 1.08 bits per heavy atom. The third-order valence-corrected chi connectivity index (χ3v) is 4.93. The van der Waals surface area contributed by atoms with Crippen LogP contribution >= 0.6 is 0 Å². The highest BCUT2D eigenvalue weighted by molar-refractivity contribution is 5.81. The van der Waals surface area contributed by atoms with E-state index >= 15 is 0 Å². The van der Waals surface area contributed by atoms with Gasteiger partial charge in [-0.2, -0.15) is 0 Å². The van der Waals surface area contributed by atoms with E-state index in [-0.39, 0.29) is 23.1 Å². The number of amides is 2. The summed E-state index contributed by atoms with van der Waals surface area (Å²) in [5, 5.41) is 0. The first-order valence-corrected chi connectivity index (χ1v) is 9.37. The summed E-state index contributed by atoms with van der Waals surface area (Å²) in [7, 11) is 1.64. The fourth-order valence-corrected chi connectivity index (χ4v) is 3.20. The molecular weight excluding hydrogens is 328 g/mol. The zero-order valence-corrected chi connectivity index (χ0v) is 17.0. The van der Waals surface area contributed by atoms with Crippen molar-refractivity contribution < 1.29 is 14.3 Å². The molecule has 2 amide bonds. The molecule has 0 aliphatic carbocycles. The molecule has 26 heavy (non-hydrogen) atoms. The number of hydrogen-bond donors (Lipinski definition) is 0. The third kappa shape index (κ3) is 4.77. The topological polar surface area (TPSA) is 49.9 Å². The van der Waals surface area contributed by atoms with Crippen molar-refractivity contribution in [3.05, 3.63) is 29.3 Å². The molecule has 1 aromatic rings. The average Bonchev–Trinajstić information content (AvgIpc) is 2.60. The minimum atomic E-state index is 0.00153. The lowest BCUT2D eigenvalue weighted by atomic mass is 9.85. The van der Waals surface area contributed by atoms with E-state index in [1.807, 2.05) is 29.7 Å². The molecule has 1 aliphatic heterocycles. The highest BCUT2D eigenvalue weighted by atomic mass is 16.5. The van der Waals surface area contributed by atoms with Gasteiger partial charge >= 0.3 is 0 Å². The minimum Gasteiger partial charge on any atom is -0.496 e. The van der Waals surface area contributed by atoms with E-state index in [0.717, 1.165) is 11.3 Å². The minimum absolute atomic E-state index is 0.00153. The molecule has 1 aromatic carbocycles. The van der Waals surface area contributed by atoms with Crippen molar-refractivity contribution in [2.24, 2.45) is 5.92 Å². The maximum absolute atomic E-state index is 12.8. The van der Waals surface area contributed by atoms with Gasteiger partial charge in [0.15, 0.2) is 0 Å². The second-order valence-electron chi connectivity index (χ2n) is 8.31. The predicted molar refractivity (Wildman–Crippen MR) is 103 cm³/mol. The number of carbonyl (C=O) groups excluding carboxylic acids is 2. The molecular formula is C21H32N2O3. The molecule has 2 rings (SSSR count). The molecule has 0 atom stereocenters. The molecule has 0 N–H and O–H groups in total. The highest BCUT2D eigenvalue weighted by Gasteiger charge is 2.26. The Kier molecular flexibility index (Phi) is 6.32. The van der Waals surface area contributed by atoms with Gasteiger partial charge < -0.3 is 14.5 Å². The van der Waals surface area contributed by atoms with E-state index in [9.17, 15) is 9.59 Å². The standard InChI is InChI=1S/C21H32N2O3/c1-15(2)20(25)23-11-9-22(10-12-23)19(24)14-16-13-17(21(3,4)5)7-8-18(16)26-6/h7-8,13,15H,9-12,14H2,1-6H3. The maximum atomic E-state index is 12.8. The van der Waals surface area contributed by atoms with Crippen LogP contribution in [0.1, 0.15) is 45.7 Å². The Balaban J connectivity index is 2.05. The smallest absolute Gasteiger partial charge is 0.227 e. The van der Waals surface area contributed by atoms with Gasteiger partial charge in [0.2, 0.25) is 11.8 Å². The van der Waals surface area contributed by atoms with Gasteiger partial charge in [0.1, 0.15) is 5.75 Å². The summed E-state index contributed by atoms with van der Waals surface area (Å²) in [5.74, 6) is 1.00. The summed E-state index contributed by atoms with van der Waals surface area (Å²) in [6, 6.07) is 6.08. The van der Waals surface area contributed by atoms with Crippen LogP contribution in [0.4, 0.5) is 0 Å². The van der Waals surface area contributed by atoms with Crippen LogP contribution in [0, 0.1) is 5.92 Å². The van der Waals surface area contributed by atoms with Gasteiger partial charge in [0.25, 0.3) is 0 Å². The molecule has 0 aromatic heterocycles. The molecule has 144 valence electrons. The summed E-state index contributed by atoms with van der Waals surface area (Å²) in [4.78, 5) is 28.6. The Morgan fingerprint density at radius 3 is 2.15 bits per heavy atom. The van der Waals surface area contributed by atoms with E-state index in [2.05, 4.69) is 32.9 Å². The Bertz CT molecular complexity index is 654. The van der Waals surface area contributed by atoms with Crippen LogP contribution in [0.3, 0.4) is 0 Å². The van der Waals surface area contributed by atoms with E-state index in [4.69, 9.17) is 4.74 Å². The zero-order chi connectivity index (χ0) is 19.5. The number of carbonyl (C=O) groups is 2. The molecule has 1 aliphatic rings. The number of hydrogen-bond acceptors (Lipinski definition) is 3. The Hall–Kier alpha value is -2.04. The monoisotopic (exact) mass is 360 g/mol. The van der Waals surface area contributed by atoms with Crippen molar-refractivity contribution in [3.8, 4) is 5.75 Å². The van der Waals surface area contributed by atoms with Crippen molar-refractivity contribution >= 4 is 11.8 Å². The summed E-state index contributed by atoms with van der Waals surface area (Å²) in [6.07, 6.45) is 0.325. The van der Waals surface area contributed by atoms with Crippen molar-refractivity contribution in [3.63, 3.8) is 0 Å². The first kappa shape index (κ1) is 20.3. The van der Waals surface area contributed by atoms with E-state index in [1.165, 1.54) is 5.56 Å². The number of benzene rings is 1. The molecule has 1 heterocycles. The molecule has 1 fully saturated rings. The van der Waals surface area contributed by atoms with Crippen LogP contribution in [-0.4, -0.2) is 54.9 Å². The lowest BCUT2D eigenvalue weighted by molar-refractivity contribution is -0.141. The maximum Gasteiger partial charge on any atom is 0.227 e. The van der Waals surface area contributed by atoms with Crippen LogP contribution in [0.5, 0.6) is 5.75 Å². The van der Waals surface area contributed by atoms with Gasteiger partial charge in [-0.1, -0.05) is 46.8 Å². The van der Waals surface area contributed by atoms with E-state index < -0.39 is 0 Å². The third-order valence-electron chi connectivity index (χ3n) is 4.93. The first-order valence-electron chi connectivity index (χ1n) is 9.37. The lowest BCUT2D eigenvalue weighted by Crippen LogP contribution is -2.51. The fraction of sp³-hybridized carbons (Fsp3) is 0.619. The highest BCUT2D eigenvalue weighted by Crippen LogP contribution is 2.28. The molecule has 0 bridgehead atoms. The zero-order valence-electron chi connectivity index (χ0n) is 17.0. The normalized spacial score (nSPS) is 15.3. The Labute approximate surface area is 157 Å². The second-order valence-corrected chi connectivity index (χ2v) is 8.31. The summed E-state index contributed by atoms with van der Waals surface area (Å²) < 4.78 is 5.45. The largest absolute Gasteiger partial charge is 0.496 e. The van der Waals surface area contributed by atoms with Crippen LogP contribution < -0.4 is 4.74 Å². The fourth-order valence-electron chi connectivity index (χ4n) is 3.20. The molecule has 5 heteroatoms. The van der Waals surface area contributed by atoms with Crippen molar-refractivity contribution in [2.45, 2.75) is 46.5 Å². The lowest BCUT2D eigenvalue weighted by Gasteiger charge is -2.35. The molecule has 0 spiro atoms. The molecule has 0 saturated carbocycles. The number of nitrogens with zero attached hydrogens (tertiary/aromatic N) is 2. The summed E-state index contributed by atoms with van der Waals surface area (Å²) >= 11 is 0. The van der Waals surface area contributed by atoms with Gasteiger partial charge in [-0.05, 0) is 17.0 Å². The Morgan fingerprint density at radius 2 is 1.65 bits per heavy atom. The number of methoxy groups -OCH3 is 1. The van der Waals surface area contributed by atoms with Crippen molar-refractivity contribution in [1.82, 2.24) is 9.80 Å². The van der Waals surface area contributed by atoms with Crippen LogP contribution in [0.25, 0.3) is 0 Å². The molecule has 5 nitrogen and oxygen atoms in total. The van der Waals surface area contributed by atoms with Gasteiger partial charge in [0, 0.05) is 37.7 Å². The van der Waals surface area contributed by atoms with Crippen molar-refractivity contribution in [1.29, 1.82) is 0 Å². The SMILES string of the molecule is COc1ccc(C(C)(C)C)cc1CC(=O)N1CCN(C(=O)C(C)C)CC1. The quantitative estimate of drug-likeness (QED) is 0.830. The second kappa shape index (κ2) is 8.11. The predicted octanol–water partition coefficient (Wildman–Crippen LogP) is 2.86. The first-order chi connectivity index (χ1) is 12.1. The molecule has 0 radical (unpaired) electrons.